The number of rotatable bonds is 3. The molecule has 0 amide bonds. The Morgan fingerprint density at radius 3 is 2.63 bits per heavy atom. The summed E-state index contributed by atoms with van der Waals surface area (Å²) in [6, 6.07) is 1.57. The fourth-order valence-corrected chi connectivity index (χ4v) is 1.82. The van der Waals surface area contributed by atoms with E-state index in [9.17, 15) is 18.9 Å². The van der Waals surface area contributed by atoms with E-state index in [1.54, 1.807) is 0 Å². The molecule has 0 saturated carbocycles. The molecule has 6 nitrogen and oxygen atoms in total. The molecule has 0 radical (unpaired) electrons. The van der Waals surface area contributed by atoms with Gasteiger partial charge >= 0.3 is 5.69 Å². The summed E-state index contributed by atoms with van der Waals surface area (Å²) in [4.78, 5) is 9.71. The van der Waals surface area contributed by atoms with Crippen LogP contribution in [0.15, 0.2) is 12.1 Å². The van der Waals surface area contributed by atoms with Gasteiger partial charge in [0, 0.05) is 13.1 Å². The number of nitro benzene ring substituents is 1. The SMILES string of the molecule is Cn1c(CCl)nnc1-c1c(F)ccc([N+](=O)[O-])c1F. The van der Waals surface area contributed by atoms with E-state index in [0.29, 0.717) is 5.82 Å². The summed E-state index contributed by atoms with van der Waals surface area (Å²) in [7, 11) is 1.46. The zero-order valence-electron chi connectivity index (χ0n) is 9.60. The Bertz CT molecular complexity index is 659. The Hall–Kier alpha value is -2.09. The number of benzene rings is 1. The van der Waals surface area contributed by atoms with Crippen LogP contribution < -0.4 is 0 Å². The van der Waals surface area contributed by atoms with Gasteiger partial charge in [-0.3, -0.25) is 10.1 Å². The van der Waals surface area contributed by atoms with Gasteiger partial charge in [0.2, 0.25) is 5.82 Å². The number of aromatic nitrogens is 3. The molecule has 1 aromatic heterocycles. The predicted octanol–water partition coefficient (Wildman–Crippen LogP) is 2.41. The summed E-state index contributed by atoms with van der Waals surface area (Å²) in [5.41, 5.74) is -1.42. The van der Waals surface area contributed by atoms with Crippen LogP contribution in [-0.4, -0.2) is 19.7 Å². The first kappa shape index (κ1) is 13.3. The molecule has 1 aromatic carbocycles. The van der Waals surface area contributed by atoms with Crippen LogP contribution in [0.5, 0.6) is 0 Å². The normalized spacial score (nSPS) is 10.7. The molecular weight excluding hydrogens is 282 g/mol. The van der Waals surface area contributed by atoms with E-state index in [-0.39, 0.29) is 11.7 Å². The van der Waals surface area contributed by atoms with Gasteiger partial charge in [-0.1, -0.05) is 0 Å². The van der Waals surface area contributed by atoms with E-state index in [2.05, 4.69) is 10.2 Å². The molecule has 9 heteroatoms. The summed E-state index contributed by atoms with van der Waals surface area (Å²) >= 11 is 5.58. The maximum atomic E-state index is 14.0. The lowest BCUT2D eigenvalue weighted by Crippen LogP contribution is -2.03. The van der Waals surface area contributed by atoms with Crippen molar-refractivity contribution < 1.29 is 13.7 Å². The summed E-state index contributed by atoms with van der Waals surface area (Å²) in [5.74, 6) is -2.11. The van der Waals surface area contributed by atoms with Crippen molar-refractivity contribution in [2.45, 2.75) is 5.88 Å². The molecule has 19 heavy (non-hydrogen) atoms. The van der Waals surface area contributed by atoms with E-state index in [0.717, 1.165) is 12.1 Å². The number of nitrogens with zero attached hydrogens (tertiary/aromatic N) is 4. The Morgan fingerprint density at radius 1 is 1.42 bits per heavy atom. The third kappa shape index (κ3) is 2.14. The monoisotopic (exact) mass is 288 g/mol. The van der Waals surface area contributed by atoms with Crippen molar-refractivity contribution in [3.05, 3.63) is 39.7 Å². The molecule has 2 rings (SSSR count). The van der Waals surface area contributed by atoms with E-state index < -0.39 is 27.8 Å². The molecule has 0 aliphatic rings. The van der Waals surface area contributed by atoms with E-state index >= 15 is 0 Å². The first-order valence-corrected chi connectivity index (χ1v) is 5.57. The zero-order chi connectivity index (χ0) is 14.2. The van der Waals surface area contributed by atoms with E-state index in [1.807, 2.05) is 0 Å². The molecule has 0 atom stereocenters. The lowest BCUT2D eigenvalue weighted by Gasteiger charge is -2.05. The molecule has 0 bridgehead atoms. The second kappa shape index (κ2) is 4.88. The molecule has 0 unspecified atom stereocenters. The Balaban J connectivity index is 2.70. The second-order valence-corrected chi connectivity index (χ2v) is 3.91. The number of alkyl halides is 1. The standard InChI is InChI=1S/C10H7ClF2N4O2/c1-16-7(4-11)14-15-10(16)8-5(12)2-3-6(9(8)13)17(18)19/h2-3H,4H2,1H3. The lowest BCUT2D eigenvalue weighted by atomic mass is 10.1. The van der Waals surface area contributed by atoms with Gasteiger partial charge in [-0.25, -0.2) is 4.39 Å². The van der Waals surface area contributed by atoms with E-state index in [1.165, 1.54) is 11.6 Å². The highest BCUT2D eigenvalue weighted by molar-refractivity contribution is 6.16. The largest absolute Gasteiger partial charge is 0.313 e. The number of nitro groups is 1. The minimum absolute atomic E-state index is 0.00165. The van der Waals surface area contributed by atoms with Gasteiger partial charge in [-0.2, -0.15) is 4.39 Å². The third-order valence-corrected chi connectivity index (χ3v) is 2.81. The van der Waals surface area contributed by atoms with Crippen molar-refractivity contribution >= 4 is 17.3 Å². The third-order valence-electron chi connectivity index (χ3n) is 2.58. The van der Waals surface area contributed by atoms with Crippen LogP contribution in [0.3, 0.4) is 0 Å². The lowest BCUT2D eigenvalue weighted by molar-refractivity contribution is -0.387. The number of hydrogen-bond donors (Lipinski definition) is 0. The van der Waals surface area contributed by atoms with Gasteiger partial charge in [0.05, 0.1) is 16.4 Å². The first-order chi connectivity index (χ1) is 8.97. The summed E-state index contributed by atoms with van der Waals surface area (Å²) in [6.07, 6.45) is 0. The number of halogens is 3. The maximum Gasteiger partial charge on any atom is 0.305 e. The highest BCUT2D eigenvalue weighted by Gasteiger charge is 2.26. The molecule has 0 fully saturated rings. The van der Waals surface area contributed by atoms with Crippen molar-refractivity contribution in [2.24, 2.45) is 7.05 Å². The van der Waals surface area contributed by atoms with Crippen molar-refractivity contribution in [3.63, 3.8) is 0 Å². The molecule has 100 valence electrons. The van der Waals surface area contributed by atoms with Gasteiger partial charge in [0.1, 0.15) is 11.6 Å². The quantitative estimate of drug-likeness (QED) is 0.494. The average molecular weight is 289 g/mol. The minimum atomic E-state index is -1.29. The fraction of sp³-hybridized carbons (Fsp3) is 0.200. The first-order valence-electron chi connectivity index (χ1n) is 5.04. The Morgan fingerprint density at radius 2 is 2.11 bits per heavy atom. The Kier molecular flexibility index (Phi) is 3.43. The Labute approximate surface area is 110 Å². The van der Waals surface area contributed by atoms with Crippen LogP contribution in [0.4, 0.5) is 14.5 Å². The smallest absolute Gasteiger partial charge is 0.305 e. The predicted molar refractivity (Wildman–Crippen MR) is 62.6 cm³/mol. The summed E-state index contributed by atoms with van der Waals surface area (Å²) in [6.45, 7) is 0. The van der Waals surface area contributed by atoms with Gasteiger partial charge in [0.25, 0.3) is 0 Å². The van der Waals surface area contributed by atoms with Crippen LogP contribution in [0, 0.1) is 21.7 Å². The van der Waals surface area contributed by atoms with Crippen LogP contribution in [0.2, 0.25) is 0 Å². The second-order valence-electron chi connectivity index (χ2n) is 3.65. The highest BCUT2D eigenvalue weighted by atomic mass is 35.5. The average Bonchev–Trinajstić information content (AvgIpc) is 2.70. The highest BCUT2D eigenvalue weighted by Crippen LogP contribution is 2.30. The maximum absolute atomic E-state index is 14.0. The minimum Gasteiger partial charge on any atom is -0.313 e. The van der Waals surface area contributed by atoms with Crippen LogP contribution in [0.1, 0.15) is 5.82 Å². The molecule has 0 N–H and O–H groups in total. The molecular formula is C10H7ClF2N4O2. The van der Waals surface area contributed by atoms with Gasteiger partial charge in [0.15, 0.2) is 5.82 Å². The topological polar surface area (TPSA) is 73.8 Å². The molecule has 0 aliphatic carbocycles. The van der Waals surface area contributed by atoms with Gasteiger partial charge < -0.3 is 4.57 Å². The molecule has 2 aromatic rings. The van der Waals surface area contributed by atoms with Crippen molar-refractivity contribution in [3.8, 4) is 11.4 Å². The molecule has 1 heterocycles. The zero-order valence-corrected chi connectivity index (χ0v) is 10.4. The van der Waals surface area contributed by atoms with Gasteiger partial charge in [-0.15, -0.1) is 21.8 Å². The van der Waals surface area contributed by atoms with Crippen LogP contribution in [0.25, 0.3) is 11.4 Å². The van der Waals surface area contributed by atoms with Crippen LogP contribution in [-0.2, 0) is 12.9 Å². The summed E-state index contributed by atoms with van der Waals surface area (Å²) in [5, 5.41) is 17.9. The van der Waals surface area contributed by atoms with Crippen molar-refractivity contribution in [1.82, 2.24) is 14.8 Å². The van der Waals surface area contributed by atoms with Crippen LogP contribution >= 0.6 is 11.6 Å². The fourth-order valence-electron chi connectivity index (χ4n) is 1.58. The van der Waals surface area contributed by atoms with E-state index in [4.69, 9.17) is 11.6 Å². The van der Waals surface area contributed by atoms with Gasteiger partial charge in [-0.05, 0) is 6.07 Å². The number of hydrogen-bond acceptors (Lipinski definition) is 4. The molecule has 0 saturated heterocycles. The molecule has 0 spiro atoms. The van der Waals surface area contributed by atoms with Crippen molar-refractivity contribution in [2.75, 3.05) is 0 Å². The summed E-state index contributed by atoms with van der Waals surface area (Å²) < 4.78 is 28.9. The molecule has 0 aliphatic heterocycles. The van der Waals surface area contributed by atoms with Crippen molar-refractivity contribution in [1.29, 1.82) is 0 Å².